The summed E-state index contributed by atoms with van der Waals surface area (Å²) < 4.78 is 15.5. The first-order chi connectivity index (χ1) is 14.0. The topological polar surface area (TPSA) is 77.5 Å². The number of rotatable bonds is 8. The molecule has 1 amide bonds. The van der Waals surface area contributed by atoms with Crippen molar-refractivity contribution in [2.45, 2.75) is 24.3 Å². The van der Waals surface area contributed by atoms with Crippen LogP contribution in [-0.2, 0) is 11.3 Å². The molecule has 0 aliphatic heterocycles. The molecule has 1 aromatic heterocycles. The van der Waals surface area contributed by atoms with Gasteiger partial charge in [0.1, 0.15) is 5.82 Å². The fraction of sp³-hybridized carbons (Fsp3) is 0.200. The van der Waals surface area contributed by atoms with Crippen LogP contribution in [0.15, 0.2) is 65.0 Å². The van der Waals surface area contributed by atoms with Gasteiger partial charge in [-0.25, -0.2) is 4.39 Å². The molecule has 0 aliphatic carbocycles. The van der Waals surface area contributed by atoms with Gasteiger partial charge >= 0.3 is 0 Å². The zero-order valence-corrected chi connectivity index (χ0v) is 17.0. The average molecular weight is 432 g/mol. The maximum absolute atomic E-state index is 12.9. The minimum atomic E-state index is -0.448. The van der Waals surface area contributed by atoms with Crippen molar-refractivity contribution in [3.05, 3.63) is 75.9 Å². The Labute approximate surface area is 174 Å². The zero-order chi connectivity index (χ0) is 20.8. The number of nitro groups is 1. The van der Waals surface area contributed by atoms with Gasteiger partial charge in [0.15, 0.2) is 4.80 Å². The summed E-state index contributed by atoms with van der Waals surface area (Å²) in [5.74, 6) is 0.200. The SMILES string of the molecule is C=CCn1c(=NC(=O)CCCSc2ccc(F)cc2)sc2ccc([N+](=O)[O-])cc21. The first-order valence-electron chi connectivity index (χ1n) is 8.82. The quantitative estimate of drug-likeness (QED) is 0.166. The Balaban J connectivity index is 1.71. The van der Waals surface area contributed by atoms with Crippen LogP contribution in [0.3, 0.4) is 0 Å². The summed E-state index contributed by atoms with van der Waals surface area (Å²) in [7, 11) is 0. The Bertz CT molecular complexity index is 1120. The Morgan fingerprint density at radius 1 is 1.31 bits per heavy atom. The highest BCUT2D eigenvalue weighted by Crippen LogP contribution is 2.23. The van der Waals surface area contributed by atoms with Crippen molar-refractivity contribution in [1.29, 1.82) is 0 Å². The maximum atomic E-state index is 12.9. The van der Waals surface area contributed by atoms with E-state index < -0.39 is 4.92 Å². The number of halogens is 1. The van der Waals surface area contributed by atoms with Crippen LogP contribution >= 0.6 is 23.1 Å². The number of fused-ring (bicyclic) bond motifs is 1. The fourth-order valence-corrected chi connectivity index (χ4v) is 4.56. The summed E-state index contributed by atoms with van der Waals surface area (Å²) >= 11 is 2.87. The lowest BCUT2D eigenvalue weighted by molar-refractivity contribution is -0.384. The lowest BCUT2D eigenvalue weighted by atomic mass is 10.3. The predicted molar refractivity (Wildman–Crippen MR) is 114 cm³/mol. The smallest absolute Gasteiger partial charge is 0.271 e. The molecule has 0 N–H and O–H groups in total. The number of thiazole rings is 1. The third-order valence-corrected chi connectivity index (χ3v) is 6.18. The van der Waals surface area contributed by atoms with Crippen molar-refractivity contribution >= 4 is 44.9 Å². The molecule has 0 atom stereocenters. The number of nitrogens with zero attached hydrogens (tertiary/aromatic N) is 3. The molecule has 0 saturated heterocycles. The van der Waals surface area contributed by atoms with Crippen LogP contribution in [0.25, 0.3) is 10.2 Å². The third-order valence-electron chi connectivity index (χ3n) is 4.03. The molecule has 0 spiro atoms. The number of non-ortho nitro benzene ring substituents is 1. The van der Waals surface area contributed by atoms with Gasteiger partial charge < -0.3 is 4.57 Å². The van der Waals surface area contributed by atoms with E-state index >= 15 is 0 Å². The second kappa shape index (κ2) is 9.62. The summed E-state index contributed by atoms with van der Waals surface area (Å²) in [5.41, 5.74) is 0.645. The van der Waals surface area contributed by atoms with E-state index in [0.717, 1.165) is 15.3 Å². The number of benzene rings is 2. The summed E-state index contributed by atoms with van der Waals surface area (Å²) in [6.45, 7) is 4.11. The highest BCUT2D eigenvalue weighted by molar-refractivity contribution is 7.99. The zero-order valence-electron chi connectivity index (χ0n) is 15.4. The van der Waals surface area contributed by atoms with Crippen LogP contribution in [0.2, 0.25) is 0 Å². The standard InChI is InChI=1S/C20H18FN3O3S2/c1-2-11-23-17-13-15(24(26)27)7-10-18(17)29-20(23)22-19(25)4-3-12-28-16-8-5-14(21)6-9-16/h2,5-10,13H,1,3-4,11-12H2. The van der Waals surface area contributed by atoms with Crippen LogP contribution in [0, 0.1) is 15.9 Å². The lowest BCUT2D eigenvalue weighted by Gasteiger charge is -2.01. The number of carbonyl (C=O) groups is 1. The normalized spacial score (nSPS) is 11.7. The van der Waals surface area contributed by atoms with E-state index in [-0.39, 0.29) is 23.8 Å². The minimum Gasteiger partial charge on any atom is -0.312 e. The van der Waals surface area contributed by atoms with Gasteiger partial charge in [-0.05, 0) is 42.5 Å². The van der Waals surface area contributed by atoms with E-state index in [1.807, 2.05) is 0 Å². The summed E-state index contributed by atoms with van der Waals surface area (Å²) in [6.07, 6.45) is 2.59. The number of hydrogen-bond donors (Lipinski definition) is 0. The Morgan fingerprint density at radius 2 is 2.07 bits per heavy atom. The first-order valence-corrected chi connectivity index (χ1v) is 10.6. The summed E-state index contributed by atoms with van der Waals surface area (Å²) in [5, 5.41) is 11.0. The van der Waals surface area contributed by atoms with Crippen LogP contribution in [0.1, 0.15) is 12.8 Å². The van der Waals surface area contributed by atoms with E-state index in [4.69, 9.17) is 0 Å². The summed E-state index contributed by atoms with van der Waals surface area (Å²) in [6, 6.07) is 10.8. The minimum absolute atomic E-state index is 0.0104. The molecule has 150 valence electrons. The number of amides is 1. The molecule has 0 aliphatic rings. The Hall–Kier alpha value is -2.78. The van der Waals surface area contributed by atoms with Gasteiger partial charge in [0.05, 0.1) is 15.1 Å². The van der Waals surface area contributed by atoms with E-state index in [1.165, 1.54) is 35.6 Å². The van der Waals surface area contributed by atoms with Gasteiger partial charge in [-0.1, -0.05) is 17.4 Å². The molecule has 0 unspecified atom stereocenters. The van der Waals surface area contributed by atoms with Crippen LogP contribution in [-0.4, -0.2) is 21.2 Å². The van der Waals surface area contributed by atoms with Crippen molar-refractivity contribution < 1.29 is 14.1 Å². The van der Waals surface area contributed by atoms with Gasteiger partial charge in [-0.2, -0.15) is 4.99 Å². The maximum Gasteiger partial charge on any atom is 0.271 e. The molecule has 0 fully saturated rings. The molecule has 0 radical (unpaired) electrons. The van der Waals surface area contributed by atoms with Crippen molar-refractivity contribution in [2.24, 2.45) is 4.99 Å². The van der Waals surface area contributed by atoms with Crippen molar-refractivity contribution in [1.82, 2.24) is 4.57 Å². The molecule has 1 heterocycles. The molecule has 0 saturated carbocycles. The van der Waals surface area contributed by atoms with E-state index in [0.29, 0.717) is 23.3 Å². The van der Waals surface area contributed by atoms with Crippen LogP contribution in [0.5, 0.6) is 0 Å². The number of nitro benzene ring substituents is 1. The van der Waals surface area contributed by atoms with E-state index in [1.54, 1.807) is 40.6 Å². The molecule has 29 heavy (non-hydrogen) atoms. The highest BCUT2D eigenvalue weighted by atomic mass is 32.2. The van der Waals surface area contributed by atoms with Crippen LogP contribution < -0.4 is 4.80 Å². The number of carbonyl (C=O) groups excluding carboxylic acids is 1. The van der Waals surface area contributed by atoms with Gasteiger partial charge in [0, 0.05) is 30.0 Å². The number of allylic oxidation sites excluding steroid dienone is 1. The Morgan fingerprint density at radius 3 is 2.76 bits per heavy atom. The second-order valence-electron chi connectivity index (χ2n) is 6.10. The largest absolute Gasteiger partial charge is 0.312 e. The van der Waals surface area contributed by atoms with Crippen molar-refractivity contribution in [2.75, 3.05) is 5.75 Å². The molecule has 3 aromatic rings. The predicted octanol–water partition coefficient (Wildman–Crippen LogP) is 4.94. The monoisotopic (exact) mass is 431 g/mol. The van der Waals surface area contributed by atoms with Gasteiger partial charge in [-0.3, -0.25) is 14.9 Å². The van der Waals surface area contributed by atoms with E-state index in [9.17, 15) is 19.3 Å². The van der Waals surface area contributed by atoms with Gasteiger partial charge in [0.2, 0.25) is 5.91 Å². The number of thioether (sulfide) groups is 1. The third kappa shape index (κ3) is 5.39. The summed E-state index contributed by atoms with van der Waals surface area (Å²) in [4.78, 5) is 28.6. The van der Waals surface area contributed by atoms with Crippen molar-refractivity contribution in [3.63, 3.8) is 0 Å². The molecular weight excluding hydrogens is 413 g/mol. The highest BCUT2D eigenvalue weighted by Gasteiger charge is 2.12. The number of aromatic nitrogens is 1. The van der Waals surface area contributed by atoms with Crippen molar-refractivity contribution in [3.8, 4) is 0 Å². The molecule has 0 bridgehead atoms. The fourth-order valence-electron chi connectivity index (χ4n) is 2.67. The lowest BCUT2D eigenvalue weighted by Crippen LogP contribution is -2.16. The molecule has 6 nitrogen and oxygen atoms in total. The molecular formula is C20H18FN3O3S2. The number of hydrogen-bond acceptors (Lipinski definition) is 5. The van der Waals surface area contributed by atoms with E-state index in [2.05, 4.69) is 11.6 Å². The average Bonchev–Trinajstić information content (AvgIpc) is 3.03. The Kier molecular flexibility index (Phi) is 6.95. The molecule has 3 rings (SSSR count). The molecule has 2 aromatic carbocycles. The van der Waals surface area contributed by atoms with Gasteiger partial charge in [0.25, 0.3) is 5.69 Å². The molecule has 9 heteroatoms. The van der Waals surface area contributed by atoms with Gasteiger partial charge in [-0.15, -0.1) is 18.3 Å². The first kappa shape index (κ1) is 20.9. The van der Waals surface area contributed by atoms with Crippen LogP contribution in [0.4, 0.5) is 10.1 Å². The second-order valence-corrected chi connectivity index (χ2v) is 8.28.